The van der Waals surface area contributed by atoms with Gasteiger partial charge in [-0.25, -0.2) is 0 Å². The quantitative estimate of drug-likeness (QED) is 0.177. The Balaban J connectivity index is 0.974. The number of hydrogen-bond acceptors (Lipinski definition) is 2. The third-order valence-corrected chi connectivity index (χ3v) is 12.6. The topological polar surface area (TPSA) is 16.4 Å². The number of hydrogen-bond donors (Lipinski definition) is 0. The van der Waals surface area contributed by atoms with Crippen molar-refractivity contribution in [3.05, 3.63) is 210 Å². The summed E-state index contributed by atoms with van der Waals surface area (Å²) in [6.07, 6.45) is 0. The molecular formula is C53H39NO. The van der Waals surface area contributed by atoms with E-state index < -0.39 is 0 Å². The molecule has 0 bridgehead atoms. The van der Waals surface area contributed by atoms with Crippen LogP contribution in [0.25, 0.3) is 55.3 Å². The third-order valence-electron chi connectivity index (χ3n) is 12.6. The molecule has 55 heavy (non-hydrogen) atoms. The molecule has 0 saturated heterocycles. The molecule has 0 aliphatic heterocycles. The highest BCUT2D eigenvalue weighted by Gasteiger charge is 2.41. The largest absolute Gasteiger partial charge is 0.456 e. The van der Waals surface area contributed by atoms with Gasteiger partial charge in [-0.3, -0.25) is 0 Å². The Kier molecular flexibility index (Phi) is 6.76. The van der Waals surface area contributed by atoms with E-state index in [1.54, 1.807) is 0 Å². The molecule has 0 fully saturated rings. The zero-order chi connectivity index (χ0) is 36.9. The van der Waals surface area contributed by atoms with E-state index in [2.05, 4.69) is 208 Å². The molecule has 2 heteroatoms. The molecule has 0 N–H and O–H groups in total. The second-order valence-corrected chi connectivity index (χ2v) is 15.9. The Hall–Kier alpha value is -6.64. The van der Waals surface area contributed by atoms with E-state index in [0.717, 1.165) is 39.0 Å². The summed E-state index contributed by atoms with van der Waals surface area (Å²) < 4.78 is 6.76. The Morgan fingerprint density at radius 2 is 0.891 bits per heavy atom. The van der Waals surface area contributed by atoms with E-state index in [-0.39, 0.29) is 10.8 Å². The minimum Gasteiger partial charge on any atom is -0.456 e. The minimum atomic E-state index is -0.275. The first-order valence-corrected chi connectivity index (χ1v) is 19.3. The summed E-state index contributed by atoms with van der Waals surface area (Å²) in [5, 5.41) is 2.25. The average molecular weight is 706 g/mol. The molecule has 2 aliphatic carbocycles. The minimum absolute atomic E-state index is 0.0336. The van der Waals surface area contributed by atoms with Crippen molar-refractivity contribution >= 4 is 39.0 Å². The van der Waals surface area contributed by atoms with Gasteiger partial charge in [0.25, 0.3) is 0 Å². The van der Waals surface area contributed by atoms with Crippen molar-refractivity contribution in [2.45, 2.75) is 31.6 Å². The first-order valence-electron chi connectivity index (χ1n) is 19.3. The Morgan fingerprint density at radius 1 is 0.382 bits per heavy atom. The van der Waals surface area contributed by atoms with Crippen LogP contribution in [0, 0.1) is 0 Å². The van der Waals surface area contributed by atoms with E-state index in [1.807, 2.05) is 0 Å². The van der Waals surface area contributed by atoms with Crippen molar-refractivity contribution in [2.24, 2.45) is 0 Å². The van der Waals surface area contributed by atoms with Gasteiger partial charge in [0, 0.05) is 44.7 Å². The zero-order valence-electron chi connectivity index (χ0n) is 31.2. The highest BCUT2D eigenvalue weighted by Crippen LogP contribution is 2.53. The van der Waals surface area contributed by atoms with Gasteiger partial charge in [0.05, 0.1) is 0 Å². The first-order chi connectivity index (χ1) is 26.9. The monoisotopic (exact) mass is 705 g/mol. The van der Waals surface area contributed by atoms with E-state index in [0.29, 0.717) is 0 Å². The maximum absolute atomic E-state index is 6.76. The van der Waals surface area contributed by atoms with Crippen LogP contribution in [0.1, 0.15) is 48.6 Å². The first kappa shape index (κ1) is 31.8. The zero-order valence-corrected chi connectivity index (χ0v) is 31.2. The van der Waals surface area contributed by atoms with E-state index in [1.165, 1.54) is 61.2 Å². The lowest BCUT2D eigenvalue weighted by molar-refractivity contribution is 0.660. The number of furan rings is 1. The van der Waals surface area contributed by atoms with Gasteiger partial charge in [-0.15, -0.1) is 0 Å². The number of nitrogens with zero attached hydrogens (tertiary/aromatic N) is 1. The van der Waals surface area contributed by atoms with Crippen LogP contribution in [0.3, 0.4) is 0 Å². The molecule has 0 unspecified atom stereocenters. The van der Waals surface area contributed by atoms with Crippen LogP contribution in [0.15, 0.2) is 186 Å². The highest BCUT2D eigenvalue weighted by atomic mass is 16.3. The van der Waals surface area contributed by atoms with Crippen LogP contribution in [-0.4, -0.2) is 0 Å². The number of para-hydroxylation sites is 1. The van der Waals surface area contributed by atoms with Gasteiger partial charge < -0.3 is 9.32 Å². The maximum Gasteiger partial charge on any atom is 0.137 e. The molecule has 1 aromatic heterocycles. The summed E-state index contributed by atoms with van der Waals surface area (Å²) in [6.45, 7) is 7.04. The summed E-state index contributed by atoms with van der Waals surface area (Å²) >= 11 is 0. The molecule has 9 aromatic rings. The predicted molar refractivity (Wildman–Crippen MR) is 229 cm³/mol. The molecule has 2 aliphatic rings. The Labute approximate surface area is 322 Å². The van der Waals surface area contributed by atoms with E-state index in [9.17, 15) is 0 Å². The van der Waals surface area contributed by atoms with Crippen LogP contribution in [0.4, 0.5) is 17.1 Å². The van der Waals surface area contributed by atoms with Crippen molar-refractivity contribution in [2.75, 3.05) is 4.90 Å². The van der Waals surface area contributed by atoms with E-state index >= 15 is 0 Å². The van der Waals surface area contributed by atoms with Crippen LogP contribution in [0.5, 0.6) is 0 Å². The fraction of sp³-hybridized carbons (Fsp3) is 0.0943. The summed E-state index contributed by atoms with van der Waals surface area (Å²) in [7, 11) is 0. The number of rotatable bonds is 5. The summed E-state index contributed by atoms with van der Waals surface area (Å²) in [4.78, 5) is 2.32. The van der Waals surface area contributed by atoms with Gasteiger partial charge in [-0.1, -0.05) is 141 Å². The molecule has 0 saturated carbocycles. The molecule has 8 aromatic carbocycles. The van der Waals surface area contributed by atoms with Crippen LogP contribution in [0.2, 0.25) is 0 Å². The lowest BCUT2D eigenvalue weighted by atomic mass is 9.74. The summed E-state index contributed by atoms with van der Waals surface area (Å²) in [5.74, 6) is 0. The fourth-order valence-electron chi connectivity index (χ4n) is 9.69. The standard InChI is InChI=1S/C53H39NO/c1-52(2)46-18-10-7-15-40(46)43-28-23-35(31-49(43)52)34-21-25-38(26-22-34)54(37-13-5-4-6-14-37)39-27-30-45-44-29-24-36(32-50(44)55-51(45)33-39)53(3)47-19-11-8-16-41(47)42-17-9-12-20-48(42)53/h4-33H,1-3H3. The van der Waals surface area contributed by atoms with Crippen molar-refractivity contribution in [3.63, 3.8) is 0 Å². The molecule has 11 rings (SSSR count). The van der Waals surface area contributed by atoms with Gasteiger partial charge in [0.2, 0.25) is 0 Å². The van der Waals surface area contributed by atoms with Crippen LogP contribution in [-0.2, 0) is 10.8 Å². The summed E-state index contributed by atoms with van der Waals surface area (Å²) in [6, 6.07) is 66.5. The molecule has 0 amide bonds. The second kappa shape index (κ2) is 11.7. The maximum atomic E-state index is 6.76. The second-order valence-electron chi connectivity index (χ2n) is 15.9. The smallest absolute Gasteiger partial charge is 0.137 e. The third kappa shape index (κ3) is 4.61. The fourth-order valence-corrected chi connectivity index (χ4v) is 9.69. The highest BCUT2D eigenvalue weighted by molar-refractivity contribution is 6.06. The van der Waals surface area contributed by atoms with Gasteiger partial charge >= 0.3 is 0 Å². The molecule has 2 nitrogen and oxygen atoms in total. The molecule has 0 atom stereocenters. The predicted octanol–water partition coefficient (Wildman–Crippen LogP) is 14.4. The lowest BCUT2D eigenvalue weighted by Crippen LogP contribution is -2.22. The SMILES string of the molecule is CC1(C)c2ccccc2-c2ccc(-c3ccc(N(c4ccccc4)c4ccc5c(c4)oc4cc(C6(C)c7ccccc7-c7ccccc76)ccc45)cc3)cc21. The summed E-state index contributed by atoms with van der Waals surface area (Å²) in [5.41, 5.74) is 19.2. The molecule has 0 radical (unpaired) electrons. The van der Waals surface area contributed by atoms with Crippen molar-refractivity contribution in [3.8, 4) is 33.4 Å². The molecule has 262 valence electrons. The van der Waals surface area contributed by atoms with Gasteiger partial charge in [-0.05, 0) is 117 Å². The lowest BCUT2D eigenvalue weighted by Gasteiger charge is -2.28. The molecule has 1 heterocycles. The van der Waals surface area contributed by atoms with Crippen LogP contribution < -0.4 is 4.90 Å². The van der Waals surface area contributed by atoms with Gasteiger partial charge in [0.1, 0.15) is 11.2 Å². The number of anilines is 3. The van der Waals surface area contributed by atoms with Gasteiger partial charge in [0.15, 0.2) is 0 Å². The van der Waals surface area contributed by atoms with Crippen molar-refractivity contribution < 1.29 is 4.42 Å². The number of benzene rings is 8. The normalized spacial score (nSPS) is 14.4. The average Bonchev–Trinajstić information content (AvgIpc) is 3.81. The number of fused-ring (bicyclic) bond motifs is 9. The van der Waals surface area contributed by atoms with Crippen molar-refractivity contribution in [1.29, 1.82) is 0 Å². The Bertz CT molecular complexity index is 2920. The van der Waals surface area contributed by atoms with Crippen molar-refractivity contribution in [1.82, 2.24) is 0 Å². The van der Waals surface area contributed by atoms with Crippen LogP contribution >= 0.6 is 0 Å². The van der Waals surface area contributed by atoms with Gasteiger partial charge in [-0.2, -0.15) is 0 Å². The molecular weight excluding hydrogens is 667 g/mol. The Morgan fingerprint density at radius 3 is 1.58 bits per heavy atom. The molecule has 0 spiro atoms. The van der Waals surface area contributed by atoms with E-state index in [4.69, 9.17) is 4.42 Å².